The molecule has 0 aromatic carbocycles. The van der Waals surface area contributed by atoms with E-state index in [-0.39, 0.29) is 18.5 Å². The molecule has 0 fully saturated rings. The number of carbonyl (C=O) groups is 2. The summed E-state index contributed by atoms with van der Waals surface area (Å²) in [5.74, 6) is -0.0562. The third kappa shape index (κ3) is 66.8. The summed E-state index contributed by atoms with van der Waals surface area (Å²) in [5, 5.41) is 23.1. The van der Waals surface area contributed by atoms with E-state index in [9.17, 15) is 19.8 Å². The Morgan fingerprint density at radius 1 is 0.346 bits per heavy atom. The van der Waals surface area contributed by atoms with Crippen molar-refractivity contribution in [2.45, 2.75) is 405 Å². The monoisotopic (exact) mass is 1140 g/mol. The predicted molar refractivity (Wildman–Crippen MR) is 356 cm³/mol. The zero-order valence-corrected chi connectivity index (χ0v) is 54.5. The summed E-state index contributed by atoms with van der Waals surface area (Å²) < 4.78 is 5.49. The fourth-order valence-electron chi connectivity index (χ4n) is 11.3. The molecule has 0 rings (SSSR count). The zero-order valence-electron chi connectivity index (χ0n) is 54.5. The van der Waals surface area contributed by atoms with Gasteiger partial charge in [0.25, 0.3) is 0 Å². The van der Waals surface area contributed by atoms with Gasteiger partial charge in [0.05, 0.1) is 25.4 Å². The number of ether oxygens (including phenoxy) is 1. The average molecular weight is 1140 g/mol. The van der Waals surface area contributed by atoms with Crippen LogP contribution in [0, 0.1) is 0 Å². The third-order valence-corrected chi connectivity index (χ3v) is 16.8. The fourth-order valence-corrected chi connectivity index (χ4v) is 11.3. The minimum atomic E-state index is -0.841. The van der Waals surface area contributed by atoms with E-state index in [4.69, 9.17) is 4.74 Å². The number of hydrogen-bond acceptors (Lipinski definition) is 5. The molecular weight excluding hydrogens is 995 g/mol. The Hall–Kier alpha value is -2.18. The van der Waals surface area contributed by atoms with E-state index < -0.39 is 12.1 Å². The molecule has 0 aliphatic carbocycles. The van der Waals surface area contributed by atoms with Crippen molar-refractivity contribution in [3.05, 3.63) is 48.6 Å². The molecule has 0 aliphatic heterocycles. The smallest absolute Gasteiger partial charge is 0.305 e. The number of hydrogen-bond donors (Lipinski definition) is 3. The molecular formula is C75H141NO5. The van der Waals surface area contributed by atoms with Crippen LogP contribution in [0.4, 0.5) is 0 Å². The minimum absolute atomic E-state index is 0.00722. The van der Waals surface area contributed by atoms with Gasteiger partial charge in [-0.15, -0.1) is 0 Å². The molecule has 3 N–H and O–H groups in total. The van der Waals surface area contributed by atoms with Crippen molar-refractivity contribution in [1.29, 1.82) is 0 Å². The first kappa shape index (κ1) is 78.8. The van der Waals surface area contributed by atoms with Crippen molar-refractivity contribution >= 4 is 11.9 Å². The molecule has 0 saturated heterocycles. The summed E-state index contributed by atoms with van der Waals surface area (Å²) in [6.07, 6.45) is 92.2. The first-order valence-corrected chi connectivity index (χ1v) is 36.4. The molecule has 0 saturated carbocycles. The molecule has 0 radical (unpaired) electrons. The van der Waals surface area contributed by atoms with Gasteiger partial charge >= 0.3 is 5.97 Å². The number of esters is 1. The Morgan fingerprint density at radius 3 is 0.975 bits per heavy atom. The lowest BCUT2D eigenvalue weighted by Crippen LogP contribution is -2.45. The Labute approximate surface area is 506 Å². The number of rotatable bonds is 68. The van der Waals surface area contributed by atoms with Crippen LogP contribution in [-0.4, -0.2) is 47.4 Å². The number of unbranched alkanes of at least 4 members (excludes halogenated alkanes) is 51. The number of aliphatic hydroxyl groups is 2. The highest BCUT2D eigenvalue weighted by molar-refractivity contribution is 5.76. The first-order valence-electron chi connectivity index (χ1n) is 36.4. The molecule has 0 aliphatic rings. The van der Waals surface area contributed by atoms with Gasteiger partial charge in [-0.25, -0.2) is 0 Å². The largest absolute Gasteiger partial charge is 0.466 e. The Morgan fingerprint density at radius 2 is 0.617 bits per heavy atom. The Kier molecular flexibility index (Phi) is 68.4. The number of aliphatic hydroxyl groups excluding tert-OH is 2. The molecule has 81 heavy (non-hydrogen) atoms. The quantitative estimate of drug-likeness (QED) is 0.0320. The Balaban J connectivity index is 3.33. The molecule has 6 heteroatoms. The van der Waals surface area contributed by atoms with Gasteiger partial charge < -0.3 is 20.3 Å². The maximum atomic E-state index is 12.5. The van der Waals surface area contributed by atoms with Crippen molar-refractivity contribution in [2.24, 2.45) is 0 Å². The lowest BCUT2D eigenvalue weighted by atomic mass is 10.0. The average Bonchev–Trinajstić information content (AvgIpc) is 3.47. The summed E-state index contributed by atoms with van der Waals surface area (Å²) in [5.41, 5.74) is 0. The van der Waals surface area contributed by atoms with Crippen LogP contribution < -0.4 is 5.32 Å². The van der Waals surface area contributed by atoms with Crippen LogP contribution in [0.1, 0.15) is 393 Å². The molecule has 0 bridgehead atoms. The second-order valence-corrected chi connectivity index (χ2v) is 24.9. The second-order valence-electron chi connectivity index (χ2n) is 24.9. The summed E-state index contributed by atoms with van der Waals surface area (Å²) in [7, 11) is 0. The van der Waals surface area contributed by atoms with E-state index in [1.165, 1.54) is 315 Å². The van der Waals surface area contributed by atoms with E-state index in [0.29, 0.717) is 19.4 Å². The molecule has 0 heterocycles. The van der Waals surface area contributed by atoms with E-state index >= 15 is 0 Å². The van der Waals surface area contributed by atoms with E-state index in [1.54, 1.807) is 6.08 Å². The first-order chi connectivity index (χ1) is 40.0. The van der Waals surface area contributed by atoms with Gasteiger partial charge in [0.15, 0.2) is 0 Å². The van der Waals surface area contributed by atoms with Gasteiger partial charge in [0, 0.05) is 12.8 Å². The highest BCUT2D eigenvalue weighted by Crippen LogP contribution is 2.18. The lowest BCUT2D eigenvalue weighted by Gasteiger charge is -2.20. The second kappa shape index (κ2) is 70.3. The molecule has 0 aromatic rings. The van der Waals surface area contributed by atoms with Crippen molar-refractivity contribution in [2.75, 3.05) is 13.2 Å². The highest BCUT2D eigenvalue weighted by Gasteiger charge is 2.18. The molecule has 476 valence electrons. The molecule has 0 aromatic heterocycles. The van der Waals surface area contributed by atoms with Crippen LogP contribution in [0.5, 0.6) is 0 Å². The summed E-state index contributed by atoms with van der Waals surface area (Å²) in [6, 6.07) is -0.624. The van der Waals surface area contributed by atoms with Crippen LogP contribution in [-0.2, 0) is 14.3 Å². The highest BCUT2D eigenvalue weighted by atomic mass is 16.5. The standard InChI is InChI=1S/C75H141NO5/c1-3-5-7-9-11-13-15-17-41-45-49-53-57-61-65-69-75(80)81-70-66-62-58-54-50-46-43-40-38-36-34-32-30-28-26-24-22-20-18-19-21-23-25-27-29-31-33-35-37-39-42-44-48-52-56-60-64-68-74(79)76-72(71-77)73(78)67-63-59-55-51-47-16-14-12-10-8-6-4-2/h11,13,17-18,20,41,63,67,72-73,77-78H,3-10,12,14-16,19,21-40,42-62,64-66,68-71H2,1-2H3,(H,76,79)/b13-11-,20-18-,41-17-,67-63+. The van der Waals surface area contributed by atoms with Crippen molar-refractivity contribution in [3.8, 4) is 0 Å². The van der Waals surface area contributed by atoms with Crippen LogP contribution in [0.25, 0.3) is 0 Å². The maximum absolute atomic E-state index is 12.5. The zero-order chi connectivity index (χ0) is 58.5. The van der Waals surface area contributed by atoms with Crippen molar-refractivity contribution in [3.63, 3.8) is 0 Å². The predicted octanol–water partition coefficient (Wildman–Crippen LogP) is 23.6. The molecule has 0 spiro atoms. The number of carbonyl (C=O) groups excluding carboxylic acids is 2. The molecule has 2 unspecified atom stereocenters. The minimum Gasteiger partial charge on any atom is -0.466 e. The maximum Gasteiger partial charge on any atom is 0.305 e. The van der Waals surface area contributed by atoms with Gasteiger partial charge in [-0.05, 0) is 89.9 Å². The molecule has 6 nitrogen and oxygen atoms in total. The van der Waals surface area contributed by atoms with E-state index in [1.807, 2.05) is 6.08 Å². The van der Waals surface area contributed by atoms with Crippen molar-refractivity contribution < 1.29 is 24.5 Å². The van der Waals surface area contributed by atoms with Crippen LogP contribution >= 0.6 is 0 Å². The SMILES string of the molecule is CCCCC/C=C\C/C=C\CCCCCCCC(=O)OCCCCCCCCCCCCCCCCCC/C=C\CCCCCCCCCCCCCCCCCCCC(=O)NC(CO)C(O)/C=C/CCCCCCCCCCCC. The summed E-state index contributed by atoms with van der Waals surface area (Å²) >= 11 is 0. The van der Waals surface area contributed by atoms with Crippen LogP contribution in [0.2, 0.25) is 0 Å². The van der Waals surface area contributed by atoms with Crippen LogP contribution in [0.3, 0.4) is 0 Å². The van der Waals surface area contributed by atoms with E-state index in [2.05, 4.69) is 55.6 Å². The van der Waals surface area contributed by atoms with Gasteiger partial charge in [0.1, 0.15) is 0 Å². The van der Waals surface area contributed by atoms with Gasteiger partial charge in [-0.2, -0.15) is 0 Å². The molecule has 1 amide bonds. The topological polar surface area (TPSA) is 95.9 Å². The molecule has 2 atom stereocenters. The summed E-state index contributed by atoms with van der Waals surface area (Å²) in [6.45, 7) is 4.89. The number of amides is 1. The van der Waals surface area contributed by atoms with Gasteiger partial charge in [-0.1, -0.05) is 339 Å². The third-order valence-electron chi connectivity index (χ3n) is 16.8. The van der Waals surface area contributed by atoms with E-state index in [0.717, 1.165) is 51.4 Å². The number of nitrogens with one attached hydrogen (secondary N) is 1. The van der Waals surface area contributed by atoms with Crippen molar-refractivity contribution in [1.82, 2.24) is 5.32 Å². The fraction of sp³-hybridized carbons (Fsp3) is 0.867. The van der Waals surface area contributed by atoms with Crippen LogP contribution in [0.15, 0.2) is 48.6 Å². The number of allylic oxidation sites excluding steroid dienone is 7. The van der Waals surface area contributed by atoms with Gasteiger partial charge in [-0.3, -0.25) is 9.59 Å². The Bertz CT molecular complexity index is 1360. The van der Waals surface area contributed by atoms with Gasteiger partial charge in [0.2, 0.25) is 5.91 Å². The normalized spacial score (nSPS) is 12.8. The lowest BCUT2D eigenvalue weighted by molar-refractivity contribution is -0.143. The summed E-state index contributed by atoms with van der Waals surface area (Å²) in [4.78, 5) is 24.5.